The number of imide groups is 1. The average Bonchev–Trinajstić information content (AvgIpc) is 3.39. The highest BCUT2D eigenvalue weighted by molar-refractivity contribution is 7.87. The Hall–Kier alpha value is -2.35. The van der Waals surface area contributed by atoms with Crippen molar-refractivity contribution >= 4 is 144 Å². The summed E-state index contributed by atoms with van der Waals surface area (Å²) in [6.45, 7) is 0. The number of hydrogen-bond donors (Lipinski definition) is 1. The quantitative estimate of drug-likeness (QED) is 0.0689. The normalized spacial score (nSPS) is 15.9. The highest BCUT2D eigenvalue weighted by atomic mass is 35.5. The van der Waals surface area contributed by atoms with Crippen LogP contribution in [0.2, 0.25) is 40.2 Å². The molecule has 1 N–H and O–H groups in total. The van der Waals surface area contributed by atoms with E-state index in [1.165, 1.54) is 24.3 Å². The molecule has 18 heteroatoms. The van der Waals surface area contributed by atoms with E-state index in [9.17, 15) is 32.1 Å². The number of para-hydroxylation sites is 1. The van der Waals surface area contributed by atoms with Crippen molar-refractivity contribution in [1.82, 2.24) is 0 Å². The van der Waals surface area contributed by atoms with Gasteiger partial charge in [-0.15, -0.1) is 0 Å². The lowest BCUT2D eigenvalue weighted by molar-refractivity contribution is 0.0922. The van der Waals surface area contributed by atoms with Crippen molar-refractivity contribution in [1.29, 1.82) is 0 Å². The predicted molar refractivity (Wildman–Crippen MR) is 169 cm³/mol. The second kappa shape index (κ2) is 10.6. The molecule has 3 aromatic carbocycles. The second-order valence-electron chi connectivity index (χ2n) is 9.17. The van der Waals surface area contributed by atoms with Gasteiger partial charge in [-0.1, -0.05) is 111 Å². The Morgan fingerprint density at radius 3 is 1.45 bits per heavy atom. The van der Waals surface area contributed by atoms with Crippen LogP contribution in [0.4, 0.5) is 11.4 Å². The number of fused-ring (bicyclic) bond motifs is 3. The summed E-state index contributed by atoms with van der Waals surface area (Å²) in [5.74, 6) is -4.31. The highest BCUT2D eigenvalue weighted by Gasteiger charge is 2.47. The average molecular weight is 774 g/mol. The summed E-state index contributed by atoms with van der Waals surface area (Å²) >= 11 is 49.4. The number of Topliss-reactive ketones (excluding diaryl/α,β-unsaturated/α-hetero) is 2. The van der Waals surface area contributed by atoms with E-state index in [1.54, 1.807) is 0 Å². The van der Waals surface area contributed by atoms with Crippen LogP contribution in [-0.2, 0) is 10.3 Å². The van der Waals surface area contributed by atoms with Gasteiger partial charge in [0.1, 0.15) is 0 Å². The number of rotatable bonds is 2. The zero-order chi connectivity index (χ0) is 32.3. The molecule has 3 aliphatic rings. The molecule has 1 aliphatic carbocycles. The Morgan fingerprint density at radius 2 is 1.02 bits per heavy atom. The first kappa shape index (κ1) is 31.6. The van der Waals surface area contributed by atoms with Gasteiger partial charge in [-0.25, -0.2) is 9.21 Å². The molecule has 0 spiro atoms. The maximum Gasteiger partial charge on any atom is 0.364 e. The number of anilines is 2. The molecule has 0 atom stereocenters. The summed E-state index contributed by atoms with van der Waals surface area (Å²) < 4.78 is 36.7. The molecule has 2 aliphatic heterocycles. The van der Waals surface area contributed by atoms with Gasteiger partial charge in [-0.2, -0.15) is 8.42 Å². The third-order valence-corrected chi connectivity index (χ3v) is 11.3. The van der Waals surface area contributed by atoms with Gasteiger partial charge in [0.2, 0.25) is 11.6 Å². The lowest BCUT2D eigenvalue weighted by atomic mass is 10.0. The number of hydrogen-bond acceptors (Lipinski definition) is 6. The van der Waals surface area contributed by atoms with E-state index in [0.717, 1.165) is 6.08 Å². The Kier molecular flexibility index (Phi) is 7.62. The summed E-state index contributed by atoms with van der Waals surface area (Å²) in [5, 5.41) is -2.87. The lowest BCUT2D eigenvalue weighted by Crippen LogP contribution is -2.37. The maximum absolute atomic E-state index is 13.7. The third kappa shape index (κ3) is 4.21. The lowest BCUT2D eigenvalue weighted by Gasteiger charge is -2.31. The van der Waals surface area contributed by atoms with Crippen LogP contribution in [0.1, 0.15) is 47.0 Å². The first-order valence-corrected chi connectivity index (χ1v) is 16.0. The van der Waals surface area contributed by atoms with Gasteiger partial charge in [0.05, 0.1) is 85.1 Å². The standard InChI is InChI=1S/C26H6Cl8N2O7S/c27-14-10-11(15(28)19(32)18(14)31)24(38)9(23(10)37)7-5-4-6-2-1-3-8(22(6)36(7)44(41,42)43)35-25(39)12-13(26(35)40)17(30)21(34)20(33)16(12)29/h1-5H,(H,41,42,43). The minimum Gasteiger partial charge on any atom is -0.288 e. The van der Waals surface area contributed by atoms with E-state index < -0.39 is 88.6 Å². The molecule has 224 valence electrons. The molecule has 0 aromatic heterocycles. The van der Waals surface area contributed by atoms with Crippen LogP contribution >= 0.6 is 92.8 Å². The van der Waals surface area contributed by atoms with Gasteiger partial charge in [0, 0.05) is 5.56 Å². The number of halogens is 8. The number of carbonyl (C=O) groups is 4. The number of ketones is 2. The fourth-order valence-corrected chi connectivity index (χ4v) is 7.95. The molecule has 0 fully saturated rings. The molecule has 3 aromatic rings. The fraction of sp³-hybridized carbons (Fsp3) is 0. The predicted octanol–water partition coefficient (Wildman–Crippen LogP) is 8.68. The number of carbonyl (C=O) groups excluding carboxylic acids is 4. The van der Waals surface area contributed by atoms with E-state index in [0.29, 0.717) is 4.90 Å². The number of nitrogens with zero attached hydrogens (tertiary/aromatic N) is 2. The SMILES string of the molecule is O=C1C(=C2C=Cc3cccc(N4C(=O)c5c(Cl)c(Cl)c(Cl)c(Cl)c5C4=O)c3N2S(=O)(=O)O)C(=O)c2c(Cl)c(Cl)c(Cl)c(Cl)c21. The third-order valence-electron chi connectivity index (χ3n) is 6.89. The largest absolute Gasteiger partial charge is 0.364 e. The van der Waals surface area contributed by atoms with Gasteiger partial charge in [0.25, 0.3) is 11.8 Å². The molecule has 2 amide bonds. The van der Waals surface area contributed by atoms with Crippen molar-refractivity contribution in [2.45, 2.75) is 0 Å². The molecule has 0 unspecified atom stereocenters. The van der Waals surface area contributed by atoms with E-state index >= 15 is 0 Å². The van der Waals surface area contributed by atoms with Crippen molar-refractivity contribution in [3.8, 4) is 0 Å². The molecule has 0 radical (unpaired) electrons. The van der Waals surface area contributed by atoms with Crippen molar-refractivity contribution in [2.75, 3.05) is 9.21 Å². The first-order chi connectivity index (χ1) is 20.5. The Balaban J connectivity index is 1.62. The van der Waals surface area contributed by atoms with Gasteiger partial charge < -0.3 is 0 Å². The van der Waals surface area contributed by atoms with E-state index in [1.807, 2.05) is 0 Å². The van der Waals surface area contributed by atoms with E-state index in [2.05, 4.69) is 0 Å². The monoisotopic (exact) mass is 770 g/mol. The Labute approximate surface area is 286 Å². The van der Waals surface area contributed by atoms with Crippen LogP contribution in [-0.4, -0.2) is 36.4 Å². The van der Waals surface area contributed by atoms with Gasteiger partial charge >= 0.3 is 10.3 Å². The van der Waals surface area contributed by atoms with Gasteiger partial charge in [0.15, 0.2) is 0 Å². The van der Waals surface area contributed by atoms with Gasteiger partial charge in [-0.3, -0.25) is 23.7 Å². The molecule has 0 saturated heterocycles. The second-order valence-corrected chi connectivity index (χ2v) is 13.5. The zero-order valence-corrected chi connectivity index (χ0v) is 27.5. The molecule has 0 saturated carbocycles. The van der Waals surface area contributed by atoms with Crippen LogP contribution in [0, 0.1) is 0 Å². The van der Waals surface area contributed by atoms with Gasteiger partial charge in [-0.05, 0) is 12.1 Å². The molecule has 0 bridgehead atoms. The molecule has 2 heterocycles. The first-order valence-electron chi connectivity index (χ1n) is 11.5. The van der Waals surface area contributed by atoms with Crippen LogP contribution < -0.4 is 9.21 Å². The fourth-order valence-electron chi connectivity index (χ4n) is 5.08. The number of benzene rings is 3. The molecular weight excluding hydrogens is 768 g/mol. The zero-order valence-electron chi connectivity index (χ0n) is 20.6. The minimum absolute atomic E-state index is 0.0341. The topological polar surface area (TPSA) is 129 Å². The smallest absolute Gasteiger partial charge is 0.288 e. The van der Waals surface area contributed by atoms with Crippen LogP contribution in [0.5, 0.6) is 0 Å². The summed E-state index contributed by atoms with van der Waals surface area (Å²) in [4.78, 5) is 55.1. The number of amides is 2. The van der Waals surface area contributed by atoms with Crippen LogP contribution in [0.3, 0.4) is 0 Å². The van der Waals surface area contributed by atoms with Crippen molar-refractivity contribution in [3.05, 3.63) is 104 Å². The summed E-state index contributed by atoms with van der Waals surface area (Å²) in [7, 11) is -5.42. The molecular formula is C26H6Cl8N2O7S. The summed E-state index contributed by atoms with van der Waals surface area (Å²) in [6.07, 6.45) is 2.33. The molecule has 6 rings (SSSR count). The Morgan fingerprint density at radius 1 is 0.591 bits per heavy atom. The van der Waals surface area contributed by atoms with E-state index in [4.69, 9.17) is 92.8 Å². The van der Waals surface area contributed by atoms with Crippen LogP contribution in [0.15, 0.2) is 35.5 Å². The highest BCUT2D eigenvalue weighted by Crippen LogP contribution is 2.51. The van der Waals surface area contributed by atoms with E-state index in [-0.39, 0.29) is 40.0 Å². The summed E-state index contributed by atoms with van der Waals surface area (Å²) in [5.41, 5.74) is -4.04. The number of allylic oxidation sites excluding steroid dienone is 2. The Bertz CT molecular complexity index is 2080. The minimum atomic E-state index is -5.42. The summed E-state index contributed by atoms with van der Waals surface area (Å²) in [6, 6.07) is 3.92. The van der Waals surface area contributed by atoms with Crippen LogP contribution in [0.25, 0.3) is 6.08 Å². The maximum atomic E-state index is 13.7. The van der Waals surface area contributed by atoms with Crippen molar-refractivity contribution in [2.24, 2.45) is 0 Å². The van der Waals surface area contributed by atoms with Crippen molar-refractivity contribution < 1.29 is 32.1 Å². The molecule has 44 heavy (non-hydrogen) atoms. The van der Waals surface area contributed by atoms with Crippen molar-refractivity contribution in [3.63, 3.8) is 0 Å². The molecule has 9 nitrogen and oxygen atoms in total.